The molecule has 0 spiro atoms. The van der Waals surface area contributed by atoms with Crippen molar-refractivity contribution in [1.82, 2.24) is 9.55 Å². The number of carboxylic acids is 1. The van der Waals surface area contributed by atoms with Crippen LogP contribution in [0.15, 0.2) is 36.4 Å². The number of hydrogen-bond acceptors (Lipinski definition) is 3. The molecule has 1 N–H and O–H groups in total. The Morgan fingerprint density at radius 1 is 1.14 bits per heavy atom. The van der Waals surface area contributed by atoms with Crippen LogP contribution in [0.5, 0.6) is 0 Å². The minimum Gasteiger partial charge on any atom is -0.477 e. The number of aromatic carboxylic acids is 1. The number of benzene rings is 1. The molecule has 1 aliphatic heterocycles. The predicted molar refractivity (Wildman–Crippen MR) is 117 cm³/mol. The molecule has 1 aliphatic rings. The second kappa shape index (κ2) is 7.90. The molecule has 3 heterocycles. The quantitative estimate of drug-likeness (QED) is 0.649. The zero-order valence-corrected chi connectivity index (χ0v) is 17.5. The van der Waals surface area contributed by atoms with Crippen LogP contribution in [0.25, 0.3) is 10.9 Å². The number of nitrogens with zero attached hydrogens (tertiary/aromatic N) is 3. The van der Waals surface area contributed by atoms with Gasteiger partial charge in [-0.05, 0) is 61.9 Å². The van der Waals surface area contributed by atoms with E-state index in [0.29, 0.717) is 18.2 Å². The van der Waals surface area contributed by atoms with Gasteiger partial charge in [0.05, 0.1) is 17.8 Å². The molecule has 2 aromatic heterocycles. The maximum Gasteiger partial charge on any atom is 0.352 e. The molecule has 1 aromatic carbocycles. The Labute approximate surface area is 172 Å². The summed E-state index contributed by atoms with van der Waals surface area (Å²) in [4.78, 5) is 19.2. The van der Waals surface area contributed by atoms with E-state index in [9.17, 15) is 9.90 Å². The molecule has 29 heavy (non-hydrogen) atoms. The van der Waals surface area contributed by atoms with E-state index < -0.39 is 5.97 Å². The van der Waals surface area contributed by atoms with Crippen molar-refractivity contribution in [1.29, 1.82) is 0 Å². The summed E-state index contributed by atoms with van der Waals surface area (Å²) in [6, 6.07) is 12.1. The molecule has 0 aliphatic carbocycles. The Morgan fingerprint density at radius 3 is 2.59 bits per heavy atom. The van der Waals surface area contributed by atoms with Crippen molar-refractivity contribution >= 4 is 22.7 Å². The smallest absolute Gasteiger partial charge is 0.352 e. The maximum atomic E-state index is 12.0. The molecule has 0 saturated carbocycles. The van der Waals surface area contributed by atoms with Crippen molar-refractivity contribution in [2.24, 2.45) is 0 Å². The van der Waals surface area contributed by atoms with E-state index in [1.165, 1.54) is 24.8 Å². The number of fused-ring (bicyclic) bond motifs is 1. The molecule has 1 saturated heterocycles. The van der Waals surface area contributed by atoms with Gasteiger partial charge in [0.15, 0.2) is 0 Å². The van der Waals surface area contributed by atoms with Crippen molar-refractivity contribution in [3.05, 3.63) is 58.9 Å². The molecule has 5 nitrogen and oxygen atoms in total. The number of anilines is 1. The van der Waals surface area contributed by atoms with Gasteiger partial charge in [-0.15, -0.1) is 0 Å². The van der Waals surface area contributed by atoms with Crippen LogP contribution >= 0.6 is 0 Å². The number of aromatic nitrogens is 2. The number of pyridine rings is 1. The summed E-state index contributed by atoms with van der Waals surface area (Å²) in [5, 5.41) is 10.8. The number of carbonyl (C=O) groups is 1. The van der Waals surface area contributed by atoms with Gasteiger partial charge < -0.3 is 14.6 Å². The van der Waals surface area contributed by atoms with Gasteiger partial charge in [-0.2, -0.15) is 0 Å². The third kappa shape index (κ3) is 3.86. The number of piperidine rings is 1. The lowest BCUT2D eigenvalue weighted by Crippen LogP contribution is -2.30. The Morgan fingerprint density at radius 2 is 1.90 bits per heavy atom. The predicted octanol–water partition coefficient (Wildman–Crippen LogP) is 5.20. The van der Waals surface area contributed by atoms with Gasteiger partial charge in [0.2, 0.25) is 0 Å². The van der Waals surface area contributed by atoms with E-state index in [1.807, 2.05) is 16.7 Å². The summed E-state index contributed by atoms with van der Waals surface area (Å²) >= 11 is 0. The molecular weight excluding hydrogens is 362 g/mol. The van der Waals surface area contributed by atoms with Crippen LogP contribution in [0.1, 0.15) is 66.3 Å². The van der Waals surface area contributed by atoms with Crippen molar-refractivity contribution in [3.63, 3.8) is 0 Å². The standard InChI is InChI=1S/C24H29N3O2/c1-16(2)20-13-17(3)12-18-14-21(24(28)29)27(23(18)20)15-19-8-7-9-22(25-19)26-10-5-4-6-11-26/h7-9,12-14,16H,4-6,10-11,15H2,1-3H3,(H,28,29). The highest BCUT2D eigenvalue weighted by Crippen LogP contribution is 2.31. The first kappa shape index (κ1) is 19.5. The van der Waals surface area contributed by atoms with Gasteiger partial charge in [0.1, 0.15) is 11.5 Å². The number of aryl methyl sites for hydroxylation is 1. The van der Waals surface area contributed by atoms with Crippen LogP contribution < -0.4 is 4.90 Å². The molecule has 4 rings (SSSR count). The summed E-state index contributed by atoms with van der Waals surface area (Å²) in [6.07, 6.45) is 3.69. The topological polar surface area (TPSA) is 58.4 Å². The Balaban J connectivity index is 1.79. The van der Waals surface area contributed by atoms with Gasteiger partial charge in [0, 0.05) is 18.5 Å². The fourth-order valence-corrected chi connectivity index (χ4v) is 4.40. The van der Waals surface area contributed by atoms with Crippen molar-refractivity contribution in [3.8, 4) is 0 Å². The molecule has 3 aromatic rings. The van der Waals surface area contributed by atoms with Gasteiger partial charge in [-0.3, -0.25) is 0 Å². The van der Waals surface area contributed by atoms with Crippen molar-refractivity contribution < 1.29 is 9.90 Å². The monoisotopic (exact) mass is 391 g/mol. The number of hydrogen-bond donors (Lipinski definition) is 1. The van der Waals surface area contributed by atoms with Gasteiger partial charge in [-0.25, -0.2) is 9.78 Å². The van der Waals surface area contributed by atoms with E-state index >= 15 is 0 Å². The van der Waals surface area contributed by atoms with Crippen LogP contribution in [-0.2, 0) is 6.54 Å². The van der Waals surface area contributed by atoms with Crippen LogP contribution in [0, 0.1) is 6.92 Å². The molecule has 0 atom stereocenters. The minimum atomic E-state index is -0.902. The van der Waals surface area contributed by atoms with Crippen LogP contribution in [0.2, 0.25) is 0 Å². The Hall–Kier alpha value is -2.82. The van der Waals surface area contributed by atoms with E-state index in [0.717, 1.165) is 41.1 Å². The highest BCUT2D eigenvalue weighted by molar-refractivity contribution is 5.96. The SMILES string of the molecule is Cc1cc(C(C)C)c2c(c1)cc(C(=O)O)n2Cc1cccc(N2CCCCC2)n1. The normalized spacial score (nSPS) is 14.7. The number of carboxylic acid groups (broad SMARTS) is 1. The molecule has 0 unspecified atom stereocenters. The van der Waals surface area contributed by atoms with Crippen molar-refractivity contribution in [2.75, 3.05) is 18.0 Å². The summed E-state index contributed by atoms with van der Waals surface area (Å²) in [5.41, 5.74) is 4.55. The van der Waals surface area contributed by atoms with Gasteiger partial charge in [-0.1, -0.05) is 31.5 Å². The second-order valence-electron chi connectivity index (χ2n) is 8.40. The number of rotatable bonds is 5. The summed E-state index contributed by atoms with van der Waals surface area (Å²) in [7, 11) is 0. The zero-order chi connectivity index (χ0) is 20.5. The third-order valence-corrected chi connectivity index (χ3v) is 5.80. The minimum absolute atomic E-state index is 0.306. The maximum absolute atomic E-state index is 12.0. The average molecular weight is 392 g/mol. The second-order valence-corrected chi connectivity index (χ2v) is 8.40. The molecular formula is C24H29N3O2. The van der Waals surface area contributed by atoms with E-state index in [2.05, 4.69) is 43.9 Å². The lowest BCUT2D eigenvalue weighted by molar-refractivity contribution is 0.0686. The third-order valence-electron chi connectivity index (χ3n) is 5.80. The first-order valence-electron chi connectivity index (χ1n) is 10.5. The van der Waals surface area contributed by atoms with Crippen molar-refractivity contribution in [2.45, 2.75) is 52.5 Å². The molecule has 152 valence electrons. The fourth-order valence-electron chi connectivity index (χ4n) is 4.40. The molecule has 0 amide bonds. The Kier molecular flexibility index (Phi) is 5.31. The van der Waals surface area contributed by atoms with E-state index in [4.69, 9.17) is 4.98 Å². The molecule has 5 heteroatoms. The van der Waals surface area contributed by atoms with Crippen LogP contribution in [0.3, 0.4) is 0 Å². The lowest BCUT2D eigenvalue weighted by atomic mass is 9.98. The summed E-state index contributed by atoms with van der Waals surface area (Å²) in [6.45, 7) is 8.91. The summed E-state index contributed by atoms with van der Waals surface area (Å²) < 4.78 is 1.93. The van der Waals surface area contributed by atoms with Gasteiger partial charge in [0.25, 0.3) is 0 Å². The van der Waals surface area contributed by atoms with E-state index in [-0.39, 0.29) is 0 Å². The highest BCUT2D eigenvalue weighted by atomic mass is 16.4. The first-order valence-corrected chi connectivity index (χ1v) is 10.5. The Bertz CT molecular complexity index is 1050. The lowest BCUT2D eigenvalue weighted by Gasteiger charge is -2.28. The van der Waals surface area contributed by atoms with Gasteiger partial charge >= 0.3 is 5.97 Å². The largest absolute Gasteiger partial charge is 0.477 e. The fraction of sp³-hybridized carbons (Fsp3) is 0.417. The average Bonchev–Trinajstić information content (AvgIpc) is 3.06. The first-order chi connectivity index (χ1) is 13.9. The molecule has 0 radical (unpaired) electrons. The molecule has 1 fully saturated rings. The van der Waals surface area contributed by atoms with E-state index in [1.54, 1.807) is 6.07 Å². The zero-order valence-electron chi connectivity index (χ0n) is 17.5. The highest BCUT2D eigenvalue weighted by Gasteiger charge is 2.20. The van der Waals surface area contributed by atoms with Crippen LogP contribution in [-0.4, -0.2) is 33.7 Å². The van der Waals surface area contributed by atoms with Crippen LogP contribution in [0.4, 0.5) is 5.82 Å². The molecule has 0 bridgehead atoms. The summed E-state index contributed by atoms with van der Waals surface area (Å²) in [5.74, 6) is 0.400.